The quantitative estimate of drug-likeness (QED) is 0.0211. The van der Waals surface area contributed by atoms with Crippen LogP contribution in [0.5, 0.6) is 0 Å². The van der Waals surface area contributed by atoms with Crippen LogP contribution in [0.1, 0.15) is 174 Å². The van der Waals surface area contributed by atoms with E-state index < -0.39 is 113 Å². The van der Waals surface area contributed by atoms with Crippen molar-refractivity contribution in [1.82, 2.24) is 0 Å². The van der Waals surface area contributed by atoms with Gasteiger partial charge in [-0.2, -0.15) is 0 Å². The summed E-state index contributed by atoms with van der Waals surface area (Å²) in [6.45, 7) is 2.80. The molecule has 390 valence electrons. The number of allylic oxidation sites excluding steroid dienone is 4. The topological polar surface area (TPSA) is 279 Å². The predicted molar refractivity (Wildman–Crippen MR) is 252 cm³/mol. The minimum absolute atomic E-state index is 0.0967. The van der Waals surface area contributed by atoms with Gasteiger partial charge in [0.2, 0.25) is 0 Å². The molecule has 18 heteroatoms. The number of ether oxygens (including phenoxy) is 3. The molecule has 2 unspecified atom stereocenters. The molecule has 0 aliphatic carbocycles. The van der Waals surface area contributed by atoms with Crippen LogP contribution in [-0.4, -0.2) is 138 Å². The van der Waals surface area contributed by atoms with Crippen molar-refractivity contribution in [3.05, 3.63) is 36.5 Å². The molecule has 2 bridgehead atoms. The average molecular weight is 979 g/mol. The minimum Gasteiger partial charge on any atom is -0.462 e. The van der Waals surface area contributed by atoms with Crippen molar-refractivity contribution in [2.45, 2.75) is 242 Å². The summed E-state index contributed by atoms with van der Waals surface area (Å²) < 4.78 is 40.3. The molecule has 2 aliphatic heterocycles. The summed E-state index contributed by atoms with van der Waals surface area (Å²) >= 11 is 0. The zero-order valence-corrected chi connectivity index (χ0v) is 41.1. The number of phosphoric ester groups is 1. The number of esters is 2. The Morgan fingerprint density at radius 3 is 2.04 bits per heavy atom. The molecular formula is C49H87O17P. The molecule has 2 rings (SSSR count). The molecule has 0 aromatic rings. The van der Waals surface area contributed by atoms with Gasteiger partial charge in [0.25, 0.3) is 0 Å². The molecular weight excluding hydrogens is 891 g/mol. The van der Waals surface area contributed by atoms with Gasteiger partial charge in [-0.3, -0.25) is 18.6 Å². The molecule has 0 aromatic carbocycles. The number of hydrogen-bond acceptors (Lipinski definition) is 16. The summed E-state index contributed by atoms with van der Waals surface area (Å²) in [6, 6.07) is 0. The molecule has 2 heterocycles. The van der Waals surface area contributed by atoms with Crippen LogP contribution in [-0.2, 0) is 37.4 Å². The standard InChI is InChI=1S/C49H87O17P/c1-3-5-7-8-9-10-11-12-13-14-15-16-17-18-19-20-25-29-41(52)62-34-37-35-63-67(60,61)66-49-47(58)45(56)40(32-31-36(50)27-23-6-4-2)65-43(54)33-39(51)38(44(55)46(57)48(49)59)28-24-21-22-26-30-42(53)64-37/h12-13,21,24,31-32,36-40,43-51,54-59H,3-11,14-20,22-23,25-30,33-35H2,1-2H3,(H,60,61)/b13-12-,24-21-,32-31+/t36-,37+,38-,39-,40+,43?,44+,45+,46-,47+,48+,49+/m0/s1. The van der Waals surface area contributed by atoms with Crippen molar-refractivity contribution < 1.29 is 83.2 Å². The zero-order chi connectivity index (χ0) is 49.5. The molecule has 2 aliphatic rings. The smallest absolute Gasteiger partial charge is 0.462 e. The van der Waals surface area contributed by atoms with E-state index in [0.29, 0.717) is 25.7 Å². The highest BCUT2D eigenvalue weighted by atomic mass is 31.2. The second kappa shape index (κ2) is 35.9. The molecule has 1 saturated heterocycles. The van der Waals surface area contributed by atoms with Gasteiger partial charge >= 0.3 is 19.8 Å². The van der Waals surface area contributed by atoms with Gasteiger partial charge in [0.05, 0.1) is 24.9 Å². The van der Waals surface area contributed by atoms with Gasteiger partial charge in [0.15, 0.2) is 12.4 Å². The van der Waals surface area contributed by atoms with Crippen molar-refractivity contribution in [3.63, 3.8) is 0 Å². The lowest BCUT2D eigenvalue weighted by Gasteiger charge is -2.39. The Hall–Kier alpha value is -2.09. The van der Waals surface area contributed by atoms with Gasteiger partial charge in [-0.25, -0.2) is 4.57 Å². The maximum Gasteiger partial charge on any atom is 0.472 e. The molecule has 0 amide bonds. The van der Waals surface area contributed by atoms with Gasteiger partial charge in [-0.1, -0.05) is 134 Å². The lowest BCUT2D eigenvalue weighted by Crippen LogP contribution is -2.58. The van der Waals surface area contributed by atoms with E-state index in [0.717, 1.165) is 70.3 Å². The first-order chi connectivity index (χ1) is 32.1. The van der Waals surface area contributed by atoms with Crippen molar-refractivity contribution in [2.75, 3.05) is 13.2 Å². The molecule has 17 nitrogen and oxygen atoms in total. The average Bonchev–Trinajstić information content (AvgIpc) is 3.29. The maximum atomic E-state index is 13.5. The number of phosphoric acid groups is 1. The van der Waals surface area contributed by atoms with Crippen molar-refractivity contribution >= 4 is 19.8 Å². The van der Waals surface area contributed by atoms with Crippen LogP contribution >= 0.6 is 7.82 Å². The fraction of sp³-hybridized carbons (Fsp3) is 0.837. The third kappa shape index (κ3) is 26.6. The van der Waals surface area contributed by atoms with Crippen molar-refractivity contribution in [1.29, 1.82) is 0 Å². The number of fused-ring (bicyclic) bond motifs is 4. The first-order valence-electron chi connectivity index (χ1n) is 25.2. The van der Waals surface area contributed by atoms with Crippen LogP contribution in [0.25, 0.3) is 0 Å². The number of cyclic esters (lactones) is 1. The maximum absolute atomic E-state index is 13.5. The van der Waals surface area contributed by atoms with E-state index in [4.69, 9.17) is 23.3 Å². The highest BCUT2D eigenvalue weighted by Crippen LogP contribution is 2.47. The number of hydrogen-bond donors (Lipinski definition) is 9. The summed E-state index contributed by atoms with van der Waals surface area (Å²) in [5.74, 6) is -2.61. The Labute approximate surface area is 399 Å². The predicted octanol–water partition coefficient (Wildman–Crippen LogP) is 6.28. The molecule has 13 atom stereocenters. The van der Waals surface area contributed by atoms with Gasteiger partial charge in [-0.05, 0) is 57.8 Å². The highest BCUT2D eigenvalue weighted by Gasteiger charge is 2.48. The second-order valence-corrected chi connectivity index (χ2v) is 19.6. The fourth-order valence-corrected chi connectivity index (χ4v) is 9.07. The number of carbonyl (C=O) groups excluding carboxylic acids is 2. The van der Waals surface area contributed by atoms with Crippen LogP contribution in [0.2, 0.25) is 0 Å². The van der Waals surface area contributed by atoms with Crippen molar-refractivity contribution in [3.8, 4) is 0 Å². The van der Waals surface area contributed by atoms with Gasteiger partial charge in [0.1, 0.15) is 43.2 Å². The van der Waals surface area contributed by atoms with Gasteiger partial charge in [-0.15, -0.1) is 0 Å². The van der Waals surface area contributed by atoms with E-state index in [2.05, 4.69) is 19.1 Å². The first kappa shape index (κ1) is 61.0. The van der Waals surface area contributed by atoms with E-state index in [1.165, 1.54) is 44.6 Å². The second-order valence-electron chi connectivity index (χ2n) is 18.2. The Bertz CT molecular complexity index is 1450. The lowest BCUT2D eigenvalue weighted by molar-refractivity contribution is -0.213. The molecule has 9 N–H and O–H groups in total. The van der Waals surface area contributed by atoms with Crippen LogP contribution in [0.4, 0.5) is 0 Å². The van der Waals surface area contributed by atoms with Gasteiger partial charge in [0, 0.05) is 25.2 Å². The molecule has 0 saturated carbocycles. The number of unbranched alkanes of at least 4 members (excludes halogenated alkanes) is 15. The van der Waals surface area contributed by atoms with Crippen LogP contribution in [0.15, 0.2) is 36.5 Å². The van der Waals surface area contributed by atoms with Crippen molar-refractivity contribution in [2.24, 2.45) is 5.92 Å². The summed E-state index contributed by atoms with van der Waals surface area (Å²) in [5, 5.41) is 89.3. The van der Waals surface area contributed by atoms with E-state index in [9.17, 15) is 59.9 Å². The summed E-state index contributed by atoms with van der Waals surface area (Å²) in [5.41, 5.74) is 0. The number of aliphatic hydroxyl groups excluding tert-OH is 8. The molecule has 67 heavy (non-hydrogen) atoms. The summed E-state index contributed by atoms with van der Waals surface area (Å²) in [4.78, 5) is 36.5. The SMILES string of the molecule is CCCCCCCC/C=C\CCCCCCCCCC(=O)OC[C@@H]1COP(=O)(O)O[C@H]2[C@H](O)[C@@H](O)[C@H](O)[C@@H](C/C=C\CCCC(=O)O1)[C@@H](O)CC(O)O[C@H](/C=C/[C@@H](O)CCCCC)[C@@H](O)[C@H]2O. The Balaban J connectivity index is 2.10. The third-order valence-electron chi connectivity index (χ3n) is 12.3. The molecule has 0 radical (unpaired) electrons. The number of rotatable bonds is 25. The molecule has 0 spiro atoms. The highest BCUT2D eigenvalue weighted by molar-refractivity contribution is 7.47. The largest absolute Gasteiger partial charge is 0.472 e. The Morgan fingerprint density at radius 1 is 0.791 bits per heavy atom. The summed E-state index contributed by atoms with van der Waals surface area (Å²) in [7, 11) is -5.47. The number of aliphatic hydroxyl groups is 8. The molecule has 0 aromatic heterocycles. The minimum atomic E-state index is -5.47. The Morgan fingerprint density at radius 2 is 1.39 bits per heavy atom. The first-order valence-corrected chi connectivity index (χ1v) is 26.7. The van der Waals surface area contributed by atoms with Crippen LogP contribution in [0, 0.1) is 5.92 Å². The Kier molecular flexibility index (Phi) is 32.7. The number of carbonyl (C=O) groups is 2. The lowest BCUT2D eigenvalue weighted by atomic mass is 9.83. The summed E-state index contributed by atoms with van der Waals surface area (Å²) in [6.07, 6.45) is 8.37. The van der Waals surface area contributed by atoms with Crippen LogP contribution in [0.3, 0.4) is 0 Å². The van der Waals surface area contributed by atoms with Crippen LogP contribution < -0.4 is 0 Å². The van der Waals surface area contributed by atoms with Gasteiger partial charge < -0.3 is 60.0 Å². The molecule has 1 fully saturated rings. The van der Waals surface area contributed by atoms with E-state index in [1.807, 2.05) is 6.92 Å². The monoisotopic (exact) mass is 979 g/mol. The fourth-order valence-electron chi connectivity index (χ4n) is 8.09. The van der Waals surface area contributed by atoms with E-state index in [-0.39, 0.29) is 25.7 Å². The van der Waals surface area contributed by atoms with E-state index >= 15 is 0 Å². The third-order valence-corrected chi connectivity index (χ3v) is 13.2. The normalized spacial score (nSPS) is 32.0. The zero-order valence-electron chi connectivity index (χ0n) is 40.2. The van der Waals surface area contributed by atoms with E-state index in [1.54, 1.807) is 12.2 Å².